The molecule has 0 bridgehead atoms. The summed E-state index contributed by atoms with van der Waals surface area (Å²) in [5.74, 6) is 0.227. The monoisotopic (exact) mass is 400 g/mol. The number of carbonyl (C=O) groups excluding carboxylic acids is 1. The summed E-state index contributed by atoms with van der Waals surface area (Å²) in [6, 6.07) is 15.5. The van der Waals surface area contributed by atoms with E-state index in [9.17, 15) is 13.2 Å². The van der Waals surface area contributed by atoms with Gasteiger partial charge in [0.15, 0.2) is 0 Å². The molecule has 1 saturated heterocycles. The standard InChI is InChI=1S/C22H28N2O3S/c1-17-9-10-18(2)21(15-17)28(26,27)24-13-11-23(12-14-24)22(25)16-19(3)20-7-5-4-6-8-20/h4-10,15,19H,11-14,16H2,1-3H3. The summed E-state index contributed by atoms with van der Waals surface area (Å²) in [5.41, 5.74) is 2.82. The van der Waals surface area contributed by atoms with Gasteiger partial charge in [-0.2, -0.15) is 4.31 Å². The molecule has 6 heteroatoms. The molecule has 1 aliphatic heterocycles. The highest BCUT2D eigenvalue weighted by atomic mass is 32.2. The van der Waals surface area contributed by atoms with Gasteiger partial charge in [-0.25, -0.2) is 8.42 Å². The van der Waals surface area contributed by atoms with Crippen LogP contribution in [0, 0.1) is 13.8 Å². The van der Waals surface area contributed by atoms with Crippen molar-refractivity contribution in [3.05, 3.63) is 65.2 Å². The minimum absolute atomic E-state index is 0.0835. The van der Waals surface area contributed by atoms with Crippen LogP contribution in [0.3, 0.4) is 0 Å². The van der Waals surface area contributed by atoms with Crippen molar-refractivity contribution in [1.82, 2.24) is 9.21 Å². The number of benzene rings is 2. The number of hydrogen-bond donors (Lipinski definition) is 0. The minimum Gasteiger partial charge on any atom is -0.340 e. The second-order valence-corrected chi connectivity index (χ2v) is 9.48. The summed E-state index contributed by atoms with van der Waals surface area (Å²) in [6.45, 7) is 7.30. The topological polar surface area (TPSA) is 57.7 Å². The molecule has 1 heterocycles. The molecule has 150 valence electrons. The van der Waals surface area contributed by atoms with Crippen LogP contribution in [0.5, 0.6) is 0 Å². The Labute approximate surface area is 168 Å². The van der Waals surface area contributed by atoms with E-state index in [1.54, 1.807) is 11.0 Å². The van der Waals surface area contributed by atoms with Crippen molar-refractivity contribution in [3.63, 3.8) is 0 Å². The Bertz CT molecular complexity index is 934. The molecule has 0 saturated carbocycles. The lowest BCUT2D eigenvalue weighted by Gasteiger charge is -2.34. The summed E-state index contributed by atoms with van der Waals surface area (Å²) in [6.07, 6.45) is 0.438. The van der Waals surface area contributed by atoms with Gasteiger partial charge in [-0.15, -0.1) is 0 Å². The zero-order chi connectivity index (χ0) is 20.3. The van der Waals surface area contributed by atoms with E-state index >= 15 is 0 Å². The summed E-state index contributed by atoms with van der Waals surface area (Å²) >= 11 is 0. The molecule has 5 nitrogen and oxygen atoms in total. The molecule has 1 atom stereocenters. The maximum Gasteiger partial charge on any atom is 0.243 e. The van der Waals surface area contributed by atoms with Crippen LogP contribution in [-0.2, 0) is 14.8 Å². The van der Waals surface area contributed by atoms with E-state index in [0.717, 1.165) is 16.7 Å². The summed E-state index contributed by atoms with van der Waals surface area (Å²) in [4.78, 5) is 14.8. The average Bonchev–Trinajstić information content (AvgIpc) is 2.70. The first-order chi connectivity index (χ1) is 13.3. The fraction of sp³-hybridized carbons (Fsp3) is 0.409. The Hall–Kier alpha value is -2.18. The molecule has 0 spiro atoms. The maximum atomic E-state index is 13.0. The quantitative estimate of drug-likeness (QED) is 0.774. The van der Waals surface area contributed by atoms with Crippen LogP contribution in [0.15, 0.2) is 53.4 Å². The van der Waals surface area contributed by atoms with Crippen molar-refractivity contribution < 1.29 is 13.2 Å². The van der Waals surface area contributed by atoms with Gasteiger partial charge in [-0.05, 0) is 42.5 Å². The van der Waals surface area contributed by atoms with Crippen molar-refractivity contribution in [3.8, 4) is 0 Å². The van der Waals surface area contributed by atoms with E-state index in [-0.39, 0.29) is 11.8 Å². The van der Waals surface area contributed by atoms with Gasteiger partial charge in [0, 0.05) is 32.6 Å². The first-order valence-electron chi connectivity index (χ1n) is 9.69. The predicted octanol–water partition coefficient (Wildman–Crippen LogP) is 3.33. The van der Waals surface area contributed by atoms with Crippen LogP contribution in [0.1, 0.15) is 36.0 Å². The van der Waals surface area contributed by atoms with E-state index in [2.05, 4.69) is 6.92 Å². The predicted molar refractivity (Wildman–Crippen MR) is 111 cm³/mol. The van der Waals surface area contributed by atoms with Crippen LogP contribution in [0.2, 0.25) is 0 Å². The number of nitrogens with zero attached hydrogens (tertiary/aromatic N) is 2. The van der Waals surface area contributed by atoms with Gasteiger partial charge in [0.05, 0.1) is 4.90 Å². The van der Waals surface area contributed by atoms with Gasteiger partial charge in [-0.3, -0.25) is 4.79 Å². The Kier molecular flexibility index (Phi) is 6.20. The lowest BCUT2D eigenvalue weighted by atomic mass is 9.97. The SMILES string of the molecule is Cc1ccc(C)c(S(=O)(=O)N2CCN(C(=O)CC(C)c3ccccc3)CC2)c1. The highest BCUT2D eigenvalue weighted by Gasteiger charge is 2.31. The molecular weight excluding hydrogens is 372 g/mol. The van der Waals surface area contributed by atoms with Gasteiger partial charge < -0.3 is 4.90 Å². The molecule has 1 unspecified atom stereocenters. The molecule has 28 heavy (non-hydrogen) atoms. The van der Waals surface area contributed by atoms with Gasteiger partial charge in [0.25, 0.3) is 0 Å². The number of amides is 1. The van der Waals surface area contributed by atoms with Crippen molar-refractivity contribution >= 4 is 15.9 Å². The lowest BCUT2D eigenvalue weighted by molar-refractivity contribution is -0.132. The summed E-state index contributed by atoms with van der Waals surface area (Å²) in [5, 5.41) is 0. The number of hydrogen-bond acceptors (Lipinski definition) is 3. The zero-order valence-corrected chi connectivity index (χ0v) is 17.6. The molecule has 3 rings (SSSR count). The first kappa shape index (κ1) is 20.6. The van der Waals surface area contributed by atoms with Crippen LogP contribution in [0.4, 0.5) is 0 Å². The van der Waals surface area contributed by atoms with Crippen LogP contribution in [0.25, 0.3) is 0 Å². The van der Waals surface area contributed by atoms with Crippen LogP contribution >= 0.6 is 0 Å². The van der Waals surface area contributed by atoms with Crippen molar-refractivity contribution in [2.24, 2.45) is 0 Å². The molecule has 0 N–H and O–H groups in total. The number of piperazine rings is 1. The zero-order valence-electron chi connectivity index (χ0n) is 16.8. The highest BCUT2D eigenvalue weighted by molar-refractivity contribution is 7.89. The normalized spacial score (nSPS) is 16.8. The molecule has 1 fully saturated rings. The van der Waals surface area contributed by atoms with E-state index in [4.69, 9.17) is 0 Å². The van der Waals surface area contributed by atoms with Gasteiger partial charge in [0.2, 0.25) is 15.9 Å². The largest absolute Gasteiger partial charge is 0.340 e. The van der Waals surface area contributed by atoms with Crippen LogP contribution < -0.4 is 0 Å². The fourth-order valence-electron chi connectivity index (χ4n) is 3.59. The Morgan fingerprint density at radius 3 is 2.29 bits per heavy atom. The molecule has 0 radical (unpaired) electrons. The van der Waals surface area contributed by atoms with Gasteiger partial charge in [0.1, 0.15) is 0 Å². The third kappa shape index (κ3) is 4.45. The van der Waals surface area contributed by atoms with E-state index in [1.165, 1.54) is 4.31 Å². The number of rotatable bonds is 5. The second kappa shape index (κ2) is 8.45. The highest BCUT2D eigenvalue weighted by Crippen LogP contribution is 2.24. The Morgan fingerprint density at radius 2 is 1.64 bits per heavy atom. The summed E-state index contributed by atoms with van der Waals surface area (Å²) in [7, 11) is -3.54. The van der Waals surface area contributed by atoms with E-state index < -0.39 is 10.0 Å². The number of carbonyl (C=O) groups is 1. The van der Waals surface area contributed by atoms with Crippen LogP contribution in [-0.4, -0.2) is 49.7 Å². The van der Waals surface area contributed by atoms with Crippen molar-refractivity contribution in [2.45, 2.75) is 38.0 Å². The Morgan fingerprint density at radius 1 is 1.00 bits per heavy atom. The van der Waals surface area contributed by atoms with Gasteiger partial charge in [-0.1, -0.05) is 49.4 Å². The molecule has 1 amide bonds. The third-order valence-electron chi connectivity index (χ3n) is 5.40. The molecule has 0 aromatic heterocycles. The second-order valence-electron chi connectivity index (χ2n) is 7.57. The van der Waals surface area contributed by atoms with E-state index in [0.29, 0.717) is 37.5 Å². The average molecular weight is 401 g/mol. The smallest absolute Gasteiger partial charge is 0.243 e. The van der Waals surface area contributed by atoms with Crippen molar-refractivity contribution in [1.29, 1.82) is 0 Å². The third-order valence-corrected chi connectivity index (χ3v) is 7.44. The summed E-state index contributed by atoms with van der Waals surface area (Å²) < 4.78 is 27.5. The maximum absolute atomic E-state index is 13.0. The molecule has 1 aliphatic rings. The molecular formula is C22H28N2O3S. The lowest BCUT2D eigenvalue weighted by Crippen LogP contribution is -2.50. The minimum atomic E-state index is -3.54. The fourth-order valence-corrected chi connectivity index (χ4v) is 5.32. The molecule has 0 aliphatic carbocycles. The molecule has 2 aromatic carbocycles. The van der Waals surface area contributed by atoms with E-state index in [1.807, 2.05) is 56.3 Å². The molecule has 2 aromatic rings. The van der Waals surface area contributed by atoms with Crippen molar-refractivity contribution in [2.75, 3.05) is 26.2 Å². The van der Waals surface area contributed by atoms with Gasteiger partial charge >= 0.3 is 0 Å². The first-order valence-corrected chi connectivity index (χ1v) is 11.1. The number of aryl methyl sites for hydroxylation is 2. The number of sulfonamides is 1. The Balaban J connectivity index is 1.62.